The number of fused-ring (bicyclic) bond motifs is 1. The molecule has 0 aliphatic carbocycles. The van der Waals surface area contributed by atoms with E-state index in [4.69, 9.17) is 9.47 Å². The van der Waals surface area contributed by atoms with Crippen molar-refractivity contribution in [3.8, 4) is 5.88 Å². The van der Waals surface area contributed by atoms with Crippen LogP contribution >= 0.6 is 0 Å². The summed E-state index contributed by atoms with van der Waals surface area (Å²) in [5, 5.41) is 0. The number of piperidine rings is 1. The second-order valence-corrected chi connectivity index (χ2v) is 6.48. The van der Waals surface area contributed by atoms with Gasteiger partial charge in [-0.1, -0.05) is 24.3 Å². The minimum atomic E-state index is -0.398. The van der Waals surface area contributed by atoms with Crippen LogP contribution in [0.5, 0.6) is 5.88 Å². The van der Waals surface area contributed by atoms with E-state index in [0.29, 0.717) is 25.5 Å². The predicted octanol–water partition coefficient (Wildman–Crippen LogP) is 1.99. The van der Waals surface area contributed by atoms with Crippen molar-refractivity contribution in [3.63, 3.8) is 0 Å². The molecular weight excluding hydrogens is 318 g/mol. The van der Waals surface area contributed by atoms with Crippen LogP contribution in [-0.4, -0.2) is 46.1 Å². The summed E-state index contributed by atoms with van der Waals surface area (Å²) >= 11 is 0. The number of carbonyl (C=O) groups excluding carboxylic acids is 1. The number of ether oxygens (including phenoxy) is 2. The fourth-order valence-electron chi connectivity index (χ4n) is 3.46. The van der Waals surface area contributed by atoms with Gasteiger partial charge in [-0.25, -0.2) is 4.98 Å². The third-order valence-electron chi connectivity index (χ3n) is 4.76. The van der Waals surface area contributed by atoms with E-state index < -0.39 is 6.10 Å². The summed E-state index contributed by atoms with van der Waals surface area (Å²) in [4.78, 5) is 22.9. The molecule has 25 heavy (non-hydrogen) atoms. The van der Waals surface area contributed by atoms with Gasteiger partial charge in [-0.15, -0.1) is 0 Å². The van der Waals surface area contributed by atoms with Gasteiger partial charge in [0.25, 0.3) is 5.91 Å². The van der Waals surface area contributed by atoms with E-state index in [9.17, 15) is 4.79 Å². The van der Waals surface area contributed by atoms with Gasteiger partial charge in [0.1, 0.15) is 12.2 Å². The summed E-state index contributed by atoms with van der Waals surface area (Å²) in [6, 6.07) is 8.15. The molecule has 2 aromatic rings. The molecule has 0 saturated carbocycles. The average molecular weight is 339 g/mol. The summed E-state index contributed by atoms with van der Waals surface area (Å²) in [5.41, 5.74) is 2.38. The van der Waals surface area contributed by atoms with Crippen molar-refractivity contribution in [2.24, 2.45) is 0 Å². The minimum Gasteiger partial charge on any atom is -0.471 e. The lowest BCUT2D eigenvalue weighted by molar-refractivity contribution is -0.148. The summed E-state index contributed by atoms with van der Waals surface area (Å²) in [6.07, 6.45) is 6.84. The van der Waals surface area contributed by atoms with Gasteiger partial charge in [-0.05, 0) is 24.0 Å². The average Bonchev–Trinajstić information content (AvgIpc) is 2.68. The third kappa shape index (κ3) is 3.64. The highest BCUT2D eigenvalue weighted by atomic mass is 16.5. The van der Waals surface area contributed by atoms with Crippen molar-refractivity contribution in [1.29, 1.82) is 0 Å². The maximum absolute atomic E-state index is 12.9. The van der Waals surface area contributed by atoms with Gasteiger partial charge in [0.15, 0.2) is 0 Å². The Balaban J connectivity index is 1.39. The number of hydrogen-bond donors (Lipinski definition) is 0. The standard InChI is InChI=1S/C19H21N3O3/c23-19(17-10-14-4-1-2-5-15(14)13-24-17)22-9-3-6-16(12-22)25-18-11-20-7-8-21-18/h1-2,4-5,7-8,11,16-17H,3,6,9-10,12-13H2/t16-,17-/m1/s1. The molecule has 2 aliphatic heterocycles. The van der Waals surface area contributed by atoms with Crippen molar-refractivity contribution in [3.05, 3.63) is 54.0 Å². The van der Waals surface area contributed by atoms with Crippen molar-refractivity contribution in [2.45, 2.75) is 38.1 Å². The molecule has 6 nitrogen and oxygen atoms in total. The van der Waals surface area contributed by atoms with Gasteiger partial charge in [0.05, 0.1) is 19.3 Å². The van der Waals surface area contributed by atoms with Crippen LogP contribution in [0.3, 0.4) is 0 Å². The maximum Gasteiger partial charge on any atom is 0.252 e. The Morgan fingerprint density at radius 2 is 2.12 bits per heavy atom. The molecule has 0 bridgehead atoms. The van der Waals surface area contributed by atoms with Crippen LogP contribution in [0.2, 0.25) is 0 Å². The smallest absolute Gasteiger partial charge is 0.252 e. The van der Waals surface area contributed by atoms with Crippen LogP contribution in [-0.2, 0) is 22.6 Å². The van der Waals surface area contributed by atoms with Crippen molar-refractivity contribution in [2.75, 3.05) is 13.1 Å². The van der Waals surface area contributed by atoms with Gasteiger partial charge in [-0.3, -0.25) is 9.78 Å². The van der Waals surface area contributed by atoms with Gasteiger partial charge in [-0.2, -0.15) is 0 Å². The van der Waals surface area contributed by atoms with Gasteiger partial charge >= 0.3 is 0 Å². The summed E-state index contributed by atoms with van der Waals surface area (Å²) in [6.45, 7) is 1.82. The second-order valence-electron chi connectivity index (χ2n) is 6.48. The fourth-order valence-corrected chi connectivity index (χ4v) is 3.46. The first kappa shape index (κ1) is 16.0. The molecule has 130 valence electrons. The largest absolute Gasteiger partial charge is 0.471 e. The number of hydrogen-bond acceptors (Lipinski definition) is 5. The zero-order valence-electron chi connectivity index (χ0n) is 14.0. The zero-order valence-corrected chi connectivity index (χ0v) is 14.0. The molecule has 0 radical (unpaired) electrons. The van der Waals surface area contributed by atoms with E-state index in [1.54, 1.807) is 18.6 Å². The van der Waals surface area contributed by atoms with Gasteiger partial charge in [0, 0.05) is 25.4 Å². The molecule has 4 rings (SSSR count). The Kier molecular flexibility index (Phi) is 4.61. The number of likely N-dealkylation sites (tertiary alicyclic amines) is 1. The van der Waals surface area contributed by atoms with E-state index in [0.717, 1.165) is 19.4 Å². The monoisotopic (exact) mass is 339 g/mol. The first-order valence-corrected chi connectivity index (χ1v) is 8.69. The number of benzene rings is 1. The van der Waals surface area contributed by atoms with Crippen molar-refractivity contribution in [1.82, 2.24) is 14.9 Å². The Morgan fingerprint density at radius 3 is 2.96 bits per heavy atom. The summed E-state index contributed by atoms with van der Waals surface area (Å²) in [7, 11) is 0. The number of aromatic nitrogens is 2. The number of nitrogens with zero attached hydrogens (tertiary/aromatic N) is 3. The second kappa shape index (κ2) is 7.19. The predicted molar refractivity (Wildman–Crippen MR) is 91.0 cm³/mol. The van der Waals surface area contributed by atoms with E-state index >= 15 is 0 Å². The van der Waals surface area contributed by atoms with Crippen molar-refractivity contribution >= 4 is 5.91 Å². The van der Waals surface area contributed by atoms with Crippen LogP contribution in [0.15, 0.2) is 42.9 Å². The molecule has 6 heteroatoms. The van der Waals surface area contributed by atoms with Crippen LogP contribution in [0.1, 0.15) is 24.0 Å². The van der Waals surface area contributed by atoms with Gasteiger partial charge < -0.3 is 14.4 Å². The molecule has 1 amide bonds. The lowest BCUT2D eigenvalue weighted by Gasteiger charge is -2.35. The summed E-state index contributed by atoms with van der Waals surface area (Å²) in [5.74, 6) is 0.562. The topological polar surface area (TPSA) is 64.5 Å². The van der Waals surface area contributed by atoms with E-state index in [2.05, 4.69) is 22.1 Å². The lowest BCUT2D eigenvalue weighted by atomic mass is 9.98. The third-order valence-corrected chi connectivity index (χ3v) is 4.76. The van der Waals surface area contributed by atoms with Crippen LogP contribution in [0, 0.1) is 0 Å². The van der Waals surface area contributed by atoms with E-state index in [1.165, 1.54) is 11.1 Å². The highest BCUT2D eigenvalue weighted by molar-refractivity contribution is 5.81. The van der Waals surface area contributed by atoms with Crippen LogP contribution < -0.4 is 4.74 Å². The molecule has 1 fully saturated rings. The molecule has 1 saturated heterocycles. The highest BCUT2D eigenvalue weighted by Crippen LogP contribution is 2.23. The molecule has 2 atom stereocenters. The van der Waals surface area contributed by atoms with Crippen LogP contribution in [0.25, 0.3) is 0 Å². The normalized spacial score (nSPS) is 23.0. The fraction of sp³-hybridized carbons (Fsp3) is 0.421. The van der Waals surface area contributed by atoms with Crippen molar-refractivity contribution < 1.29 is 14.3 Å². The molecule has 0 N–H and O–H groups in total. The van der Waals surface area contributed by atoms with E-state index in [1.807, 2.05) is 17.0 Å². The Bertz CT molecular complexity index is 738. The maximum atomic E-state index is 12.9. The molecule has 1 aromatic heterocycles. The Hall–Kier alpha value is -2.47. The highest BCUT2D eigenvalue weighted by Gasteiger charge is 2.32. The quantitative estimate of drug-likeness (QED) is 0.856. The summed E-state index contributed by atoms with van der Waals surface area (Å²) < 4.78 is 11.7. The first-order chi connectivity index (χ1) is 12.3. The Morgan fingerprint density at radius 1 is 1.24 bits per heavy atom. The lowest BCUT2D eigenvalue weighted by Crippen LogP contribution is -2.49. The minimum absolute atomic E-state index is 0.0507. The number of carbonyl (C=O) groups is 1. The van der Waals surface area contributed by atoms with Crippen LogP contribution in [0.4, 0.5) is 0 Å². The Labute approximate surface area is 146 Å². The SMILES string of the molecule is O=C([C@H]1Cc2ccccc2CO1)N1CCC[C@@H](Oc2cnccn2)C1. The zero-order chi connectivity index (χ0) is 17.1. The molecule has 2 aliphatic rings. The van der Waals surface area contributed by atoms with E-state index in [-0.39, 0.29) is 12.0 Å². The van der Waals surface area contributed by atoms with Gasteiger partial charge in [0.2, 0.25) is 5.88 Å². The molecule has 3 heterocycles. The molecule has 0 unspecified atom stereocenters. The molecule has 0 spiro atoms. The number of rotatable bonds is 3. The molecule has 1 aromatic carbocycles. The molecular formula is C19H21N3O3. The number of amides is 1. The first-order valence-electron chi connectivity index (χ1n) is 8.69.